The highest BCUT2D eigenvalue weighted by atomic mass is 35.5. The summed E-state index contributed by atoms with van der Waals surface area (Å²) in [6.07, 6.45) is 5.54. The SMILES string of the molecule is N#Cc1ccc(-c2nc(N3CCC4(CCNC4)CC3)c(Cl)c(=O)n2-c2ccc(C3CC3)cc2)cc1F. The average Bonchev–Trinajstić information content (AvgIpc) is 3.66. The van der Waals surface area contributed by atoms with Crippen molar-refractivity contribution < 1.29 is 4.39 Å². The second-order valence-electron chi connectivity index (χ2n) is 10.3. The minimum Gasteiger partial charge on any atom is -0.355 e. The number of rotatable bonds is 4. The Bertz CT molecular complexity index is 1410. The summed E-state index contributed by atoms with van der Waals surface area (Å²) in [6.45, 7) is 3.59. The van der Waals surface area contributed by atoms with Crippen molar-refractivity contribution in [3.05, 3.63) is 74.8 Å². The van der Waals surface area contributed by atoms with Crippen molar-refractivity contribution in [2.24, 2.45) is 5.41 Å². The molecule has 0 amide bonds. The molecule has 3 aliphatic rings. The molecule has 1 spiro atoms. The molecule has 3 heterocycles. The lowest BCUT2D eigenvalue weighted by molar-refractivity contribution is 0.247. The van der Waals surface area contributed by atoms with Crippen molar-refractivity contribution >= 4 is 17.4 Å². The first-order chi connectivity index (χ1) is 17.5. The number of hydrogen-bond donors (Lipinski definition) is 1. The molecule has 2 saturated heterocycles. The molecule has 2 aliphatic heterocycles. The van der Waals surface area contributed by atoms with Gasteiger partial charge in [0.25, 0.3) is 5.56 Å². The Labute approximate surface area is 214 Å². The van der Waals surface area contributed by atoms with E-state index in [0.717, 1.165) is 45.4 Å². The Balaban J connectivity index is 1.45. The minimum absolute atomic E-state index is 0.0536. The van der Waals surface area contributed by atoms with Crippen LogP contribution in [-0.2, 0) is 0 Å². The maximum absolute atomic E-state index is 14.6. The number of piperidine rings is 1. The zero-order valence-electron chi connectivity index (χ0n) is 19.9. The number of aromatic nitrogens is 2. The van der Waals surface area contributed by atoms with Crippen molar-refractivity contribution in [2.75, 3.05) is 31.1 Å². The van der Waals surface area contributed by atoms with E-state index in [9.17, 15) is 14.4 Å². The molecule has 6 nitrogen and oxygen atoms in total. The highest BCUT2D eigenvalue weighted by molar-refractivity contribution is 6.32. The molecule has 6 rings (SSSR count). The van der Waals surface area contributed by atoms with Gasteiger partial charge in [0.2, 0.25) is 0 Å². The van der Waals surface area contributed by atoms with Crippen molar-refractivity contribution in [3.8, 4) is 23.1 Å². The molecule has 0 bridgehead atoms. The largest absolute Gasteiger partial charge is 0.355 e. The van der Waals surface area contributed by atoms with Crippen LogP contribution >= 0.6 is 11.6 Å². The molecule has 1 saturated carbocycles. The standard InChI is InChI=1S/C28H27ClFN5O/c29-24-26(34-13-10-28(11-14-34)9-12-32-17-28)33-25(20-3-4-21(16-31)23(30)15-20)35(27(24)36)22-7-5-19(6-8-22)18-1-2-18/h3-8,15,18,32H,1-2,9-14,17H2. The predicted octanol–water partition coefficient (Wildman–Crippen LogP) is 5.02. The quantitative estimate of drug-likeness (QED) is 0.541. The van der Waals surface area contributed by atoms with E-state index < -0.39 is 5.82 Å². The highest BCUT2D eigenvalue weighted by Gasteiger charge is 2.38. The van der Waals surface area contributed by atoms with E-state index in [1.54, 1.807) is 6.07 Å². The van der Waals surface area contributed by atoms with E-state index in [-0.39, 0.29) is 16.1 Å². The topological polar surface area (TPSA) is 74.0 Å². The maximum Gasteiger partial charge on any atom is 0.279 e. The van der Waals surface area contributed by atoms with Crippen LogP contribution in [0.1, 0.15) is 49.1 Å². The normalized spacial score (nSPS) is 19.0. The number of nitriles is 1. The predicted molar refractivity (Wildman–Crippen MR) is 138 cm³/mol. The number of nitrogens with zero attached hydrogens (tertiary/aromatic N) is 4. The third kappa shape index (κ3) is 4.08. The van der Waals surface area contributed by atoms with Gasteiger partial charge in [-0.1, -0.05) is 23.7 Å². The molecule has 3 aromatic rings. The van der Waals surface area contributed by atoms with Crippen LogP contribution in [-0.4, -0.2) is 35.7 Å². The smallest absolute Gasteiger partial charge is 0.279 e. The number of anilines is 1. The fourth-order valence-electron chi connectivity index (χ4n) is 5.60. The molecule has 36 heavy (non-hydrogen) atoms. The highest BCUT2D eigenvalue weighted by Crippen LogP contribution is 2.41. The molecule has 8 heteroatoms. The fraction of sp³-hybridized carbons (Fsp3) is 0.393. The van der Waals surface area contributed by atoms with Gasteiger partial charge in [0.05, 0.1) is 11.3 Å². The average molecular weight is 504 g/mol. The van der Waals surface area contributed by atoms with E-state index in [4.69, 9.17) is 16.6 Å². The van der Waals surface area contributed by atoms with Crippen molar-refractivity contribution in [1.82, 2.24) is 14.9 Å². The summed E-state index contributed by atoms with van der Waals surface area (Å²) in [5.74, 6) is 0.687. The Morgan fingerprint density at radius 2 is 1.86 bits per heavy atom. The van der Waals surface area contributed by atoms with Crippen LogP contribution in [0.2, 0.25) is 5.02 Å². The zero-order valence-corrected chi connectivity index (χ0v) is 20.7. The van der Waals surface area contributed by atoms with Crippen LogP contribution < -0.4 is 15.8 Å². The van der Waals surface area contributed by atoms with Gasteiger partial charge in [-0.3, -0.25) is 9.36 Å². The zero-order chi connectivity index (χ0) is 24.9. The molecule has 0 atom stereocenters. The number of benzene rings is 2. The molecule has 184 valence electrons. The second-order valence-corrected chi connectivity index (χ2v) is 10.7. The Morgan fingerprint density at radius 3 is 2.47 bits per heavy atom. The van der Waals surface area contributed by atoms with Gasteiger partial charge in [0.1, 0.15) is 22.7 Å². The van der Waals surface area contributed by atoms with Gasteiger partial charge >= 0.3 is 0 Å². The van der Waals surface area contributed by atoms with Crippen LogP contribution in [0, 0.1) is 22.6 Å². The summed E-state index contributed by atoms with van der Waals surface area (Å²) < 4.78 is 16.1. The number of nitrogens with one attached hydrogen (secondary N) is 1. The van der Waals surface area contributed by atoms with Gasteiger partial charge in [-0.2, -0.15) is 5.26 Å². The molecule has 1 aromatic heterocycles. The van der Waals surface area contributed by atoms with E-state index >= 15 is 0 Å². The van der Waals surface area contributed by atoms with E-state index in [1.807, 2.05) is 30.3 Å². The van der Waals surface area contributed by atoms with Crippen LogP contribution in [0.3, 0.4) is 0 Å². The summed E-state index contributed by atoms with van der Waals surface area (Å²) in [4.78, 5) is 20.7. The summed E-state index contributed by atoms with van der Waals surface area (Å²) >= 11 is 6.70. The first-order valence-electron chi connectivity index (χ1n) is 12.6. The molecule has 0 radical (unpaired) electrons. The number of hydrogen-bond acceptors (Lipinski definition) is 5. The summed E-state index contributed by atoms with van der Waals surface area (Å²) in [5.41, 5.74) is 2.16. The Hall–Kier alpha value is -3.21. The monoisotopic (exact) mass is 503 g/mol. The first-order valence-corrected chi connectivity index (χ1v) is 12.9. The van der Waals surface area contributed by atoms with E-state index in [0.29, 0.717) is 34.2 Å². The maximum atomic E-state index is 14.6. The van der Waals surface area contributed by atoms with E-state index in [1.165, 1.54) is 35.1 Å². The molecule has 1 aliphatic carbocycles. The van der Waals surface area contributed by atoms with Crippen LogP contribution in [0.4, 0.5) is 10.2 Å². The van der Waals surface area contributed by atoms with Crippen molar-refractivity contribution in [1.29, 1.82) is 5.26 Å². The van der Waals surface area contributed by atoms with Crippen LogP contribution in [0.15, 0.2) is 47.3 Å². The first kappa shape index (κ1) is 23.2. The third-order valence-electron chi connectivity index (χ3n) is 8.01. The summed E-state index contributed by atoms with van der Waals surface area (Å²) in [6, 6.07) is 14.0. The summed E-state index contributed by atoms with van der Waals surface area (Å²) in [7, 11) is 0. The molecule has 3 fully saturated rings. The lowest BCUT2D eigenvalue weighted by atomic mass is 9.78. The van der Waals surface area contributed by atoms with E-state index in [2.05, 4.69) is 10.2 Å². The Kier molecular flexibility index (Phi) is 5.82. The molecule has 1 N–H and O–H groups in total. The van der Waals surface area contributed by atoms with Gasteiger partial charge in [-0.15, -0.1) is 0 Å². The van der Waals surface area contributed by atoms with Crippen LogP contribution in [0.5, 0.6) is 0 Å². The van der Waals surface area contributed by atoms with Gasteiger partial charge < -0.3 is 10.2 Å². The third-order valence-corrected chi connectivity index (χ3v) is 8.35. The van der Waals surface area contributed by atoms with Crippen molar-refractivity contribution in [3.63, 3.8) is 0 Å². The fourth-order valence-corrected chi connectivity index (χ4v) is 5.85. The second kappa shape index (κ2) is 9.02. The Morgan fingerprint density at radius 1 is 1.11 bits per heavy atom. The van der Waals surface area contributed by atoms with Gasteiger partial charge in [-0.25, -0.2) is 9.37 Å². The number of halogens is 2. The van der Waals surface area contributed by atoms with Crippen LogP contribution in [0.25, 0.3) is 17.1 Å². The lowest BCUT2D eigenvalue weighted by Gasteiger charge is -2.39. The molecular formula is C28H27ClFN5O. The molecule has 0 unspecified atom stereocenters. The van der Waals surface area contributed by atoms with Gasteiger partial charge in [0.15, 0.2) is 5.82 Å². The van der Waals surface area contributed by atoms with Gasteiger partial charge in [-0.05, 0) is 85.9 Å². The summed E-state index contributed by atoms with van der Waals surface area (Å²) in [5, 5.41) is 12.7. The lowest BCUT2D eigenvalue weighted by Crippen LogP contribution is -2.42. The van der Waals surface area contributed by atoms with Crippen molar-refractivity contribution in [2.45, 2.75) is 38.0 Å². The van der Waals surface area contributed by atoms with Gasteiger partial charge in [0, 0.05) is 25.2 Å². The molecular weight excluding hydrogens is 477 g/mol. The molecule has 2 aromatic carbocycles. The minimum atomic E-state index is -0.648.